The molecule has 0 radical (unpaired) electrons. The number of piperazine rings is 1. The molecule has 4 aliphatic heterocycles. The maximum absolute atomic E-state index is 14.8. The first-order valence-electron chi connectivity index (χ1n) is 26.0. The summed E-state index contributed by atoms with van der Waals surface area (Å²) in [5.41, 5.74) is 4.86. The molecule has 0 spiro atoms. The Bertz CT molecular complexity index is 2800. The summed E-state index contributed by atoms with van der Waals surface area (Å²) in [7, 11) is 13.0. The van der Waals surface area contributed by atoms with Crippen molar-refractivity contribution in [2.45, 2.75) is 101 Å². The Morgan fingerprint density at radius 3 is 2.23 bits per heavy atom. The van der Waals surface area contributed by atoms with Crippen molar-refractivity contribution in [1.82, 2.24) is 30.2 Å². The fourth-order valence-corrected chi connectivity index (χ4v) is 13.1. The number of methoxy groups -OCH3 is 2. The number of carbonyl (C=O) groups is 3. The smallest absolute Gasteiger partial charge is 0.408 e. The summed E-state index contributed by atoms with van der Waals surface area (Å²) in [6, 6.07) is 16.9. The number of amides is 2. The van der Waals surface area contributed by atoms with E-state index >= 15 is 0 Å². The maximum Gasteiger partial charge on any atom is 0.408 e. The van der Waals surface area contributed by atoms with Crippen molar-refractivity contribution in [3.8, 4) is 28.7 Å². The monoisotopic (exact) mass is 1080 g/mol. The van der Waals surface area contributed by atoms with Crippen molar-refractivity contribution >= 4 is 29.5 Å². The molecule has 3 fully saturated rings. The first-order chi connectivity index (χ1) is 36.7. The standard InChI is InChI=1S/C52H61N5O11S.C6H14N2/c1-28-19-30-20-37-39(22-53)57-38(43(56(37)6)41(30)46(44(28)63-8)65-26-64-18-17-62-7)21-52(61)42(47-45(66-27-67-47)29(2)48(52)58)40(57)23-54-49(59)36(55-50(60)68-51(3,4)5)25-69-24-35-33-15-11-9-13-31(33)32-14-10-12-16-34(32)35;1-6(7(2)3)8(4)5/h9-16,19,35-40,43,61H,17-18,20-21,23-27H2,1-8H3,(H,54,59)(H,55,60);1H2,2-5H3/t36-,37-,38?,39-,40-,43-,52?;/m0./s1. The molecule has 9 rings (SSSR count). The Morgan fingerprint density at radius 2 is 1.64 bits per heavy atom. The van der Waals surface area contributed by atoms with Crippen molar-refractivity contribution in [2.75, 3.05) is 94.3 Å². The Morgan fingerprint density at radius 1 is 0.987 bits per heavy atom. The van der Waals surface area contributed by atoms with Crippen molar-refractivity contribution in [3.05, 3.63) is 117 Å². The highest BCUT2D eigenvalue weighted by Crippen LogP contribution is 2.57. The lowest BCUT2D eigenvalue weighted by molar-refractivity contribution is -0.148. The number of ether oxygens (including phenoxy) is 7. The van der Waals surface area contributed by atoms with Crippen molar-refractivity contribution in [3.63, 3.8) is 0 Å². The van der Waals surface area contributed by atoms with E-state index < -0.39 is 59.2 Å². The van der Waals surface area contributed by atoms with Crippen LogP contribution >= 0.6 is 11.8 Å². The van der Waals surface area contributed by atoms with Crippen LogP contribution in [0.3, 0.4) is 0 Å². The van der Waals surface area contributed by atoms with Gasteiger partial charge in [-0.3, -0.25) is 19.4 Å². The van der Waals surface area contributed by atoms with Crippen LogP contribution in [0.4, 0.5) is 4.79 Å². The summed E-state index contributed by atoms with van der Waals surface area (Å²) in [5, 5.41) is 30.3. The molecule has 4 heterocycles. The van der Waals surface area contributed by atoms with Gasteiger partial charge in [-0.15, -0.1) is 0 Å². The van der Waals surface area contributed by atoms with Crippen LogP contribution in [-0.4, -0.2) is 178 Å². The minimum atomic E-state index is -2.12. The predicted octanol–water partition coefficient (Wildman–Crippen LogP) is 6.23. The van der Waals surface area contributed by atoms with E-state index in [1.165, 1.54) is 22.3 Å². The third-order valence-electron chi connectivity index (χ3n) is 15.3. The second-order valence-electron chi connectivity index (χ2n) is 21.7. The molecule has 3 aromatic carbocycles. The minimum absolute atomic E-state index is 0.0730. The number of benzene rings is 3. The van der Waals surface area contributed by atoms with E-state index in [2.05, 4.69) is 58.5 Å². The zero-order chi connectivity index (χ0) is 55.7. The van der Waals surface area contributed by atoms with Gasteiger partial charge < -0.3 is 58.7 Å². The molecular weight excluding hydrogens is 1000 g/mol. The number of nitrogens with one attached hydrogen (secondary N) is 2. The molecule has 2 amide bonds. The van der Waals surface area contributed by atoms with Crippen LogP contribution in [0.1, 0.15) is 73.9 Å². The van der Waals surface area contributed by atoms with Gasteiger partial charge in [0.15, 0.2) is 41.2 Å². The normalized spacial score (nSPS) is 23.4. The zero-order valence-corrected chi connectivity index (χ0v) is 47.3. The molecule has 7 atom stereocenters. The number of rotatable bonds is 17. The van der Waals surface area contributed by atoms with Gasteiger partial charge in [0.2, 0.25) is 12.7 Å². The molecule has 3 N–H and O–H groups in total. The van der Waals surface area contributed by atoms with Crippen LogP contribution in [0, 0.1) is 18.3 Å². The number of ketones is 1. The number of piperidine rings is 1. The van der Waals surface area contributed by atoms with Crippen molar-refractivity contribution in [1.29, 1.82) is 5.26 Å². The van der Waals surface area contributed by atoms with Crippen LogP contribution < -0.4 is 20.1 Å². The topological polar surface area (TPSA) is 197 Å². The highest BCUT2D eigenvalue weighted by Gasteiger charge is 2.64. The van der Waals surface area contributed by atoms with Crippen LogP contribution in [0.2, 0.25) is 0 Å². The quantitative estimate of drug-likeness (QED) is 0.102. The average molecular weight is 1080 g/mol. The minimum Gasteiger partial charge on any atom is -0.493 e. The molecule has 2 aliphatic carbocycles. The summed E-state index contributed by atoms with van der Waals surface area (Å²) in [6.45, 7) is 12.9. The number of aliphatic hydroxyl groups is 1. The van der Waals surface area contributed by atoms with Crippen LogP contribution in [0.5, 0.6) is 11.5 Å². The van der Waals surface area contributed by atoms with E-state index in [1.807, 2.05) is 81.1 Å². The molecule has 414 valence electrons. The lowest BCUT2D eigenvalue weighted by atomic mass is 9.64. The first kappa shape index (κ1) is 56.9. The third-order valence-corrected chi connectivity index (χ3v) is 16.5. The van der Waals surface area contributed by atoms with Gasteiger partial charge in [0, 0.05) is 94.5 Å². The van der Waals surface area contributed by atoms with E-state index in [9.17, 15) is 24.8 Å². The second kappa shape index (κ2) is 23.4. The number of thioether (sulfide) groups is 1. The number of aryl methyl sites for hydroxylation is 1. The van der Waals surface area contributed by atoms with E-state index in [0.717, 1.165) is 22.5 Å². The number of alkyl carbamates (subject to hydrolysis) is 1. The van der Waals surface area contributed by atoms with Gasteiger partial charge >= 0.3 is 6.09 Å². The average Bonchev–Trinajstić information content (AvgIpc) is 4.01. The Labute approximate surface area is 457 Å². The van der Waals surface area contributed by atoms with Gasteiger partial charge in [-0.2, -0.15) is 17.0 Å². The fourth-order valence-electron chi connectivity index (χ4n) is 11.8. The Hall–Kier alpha value is -6.27. The molecule has 18 nitrogen and oxygen atoms in total. The SMILES string of the molecule is C=C(N(C)C)N(C)C.COCCOCOc1c(OC)c(C)cc2c1[C@@H]1C3CC4(O)C(=O)C(C)=C5OCOC5=C4[C@H](CNC(=O)[C@H](CSCC4c5ccccc5-c5ccccc54)NC(=O)OC(C)(C)C)N3[C@@H](C#N)[C@H](C2)N1C. The van der Waals surface area contributed by atoms with E-state index in [-0.39, 0.29) is 66.9 Å². The largest absolute Gasteiger partial charge is 0.493 e. The van der Waals surface area contributed by atoms with E-state index in [4.69, 9.17) is 33.2 Å². The highest BCUT2D eigenvalue weighted by atomic mass is 32.2. The number of Topliss-reactive ketones (excluding diaryl/α,β-unsaturated/α-hetero) is 1. The van der Waals surface area contributed by atoms with Gasteiger partial charge in [-0.05, 0) is 81.5 Å². The summed E-state index contributed by atoms with van der Waals surface area (Å²) in [4.78, 5) is 51.1. The van der Waals surface area contributed by atoms with Gasteiger partial charge in [0.05, 0.1) is 44.3 Å². The van der Waals surface area contributed by atoms with Gasteiger partial charge in [-0.1, -0.05) is 61.2 Å². The molecule has 2 unspecified atom stereocenters. The summed E-state index contributed by atoms with van der Waals surface area (Å²) in [6.07, 6.45) is -0.405. The van der Waals surface area contributed by atoms with Crippen LogP contribution in [-0.2, 0) is 39.7 Å². The number of hydrogen-bond acceptors (Lipinski definition) is 17. The number of nitrogens with zero attached hydrogens (tertiary/aromatic N) is 5. The summed E-state index contributed by atoms with van der Waals surface area (Å²) in [5.74, 6) is 2.31. The number of hydrogen-bond donors (Lipinski definition) is 3. The zero-order valence-electron chi connectivity index (χ0n) is 46.5. The van der Waals surface area contributed by atoms with E-state index in [0.29, 0.717) is 36.9 Å². The van der Waals surface area contributed by atoms with Crippen LogP contribution in [0.15, 0.2) is 89.7 Å². The lowest BCUT2D eigenvalue weighted by Gasteiger charge is -2.62. The molecule has 0 aromatic heterocycles. The molecule has 3 saturated heterocycles. The number of carbonyl (C=O) groups excluding carboxylic acids is 3. The van der Waals surface area contributed by atoms with Gasteiger partial charge in [-0.25, -0.2) is 4.79 Å². The number of nitriles is 1. The highest BCUT2D eigenvalue weighted by molar-refractivity contribution is 7.99. The molecule has 0 saturated carbocycles. The second-order valence-corrected chi connectivity index (χ2v) is 22.8. The maximum atomic E-state index is 14.8. The number of likely N-dealkylation sites (N-methyl/N-ethyl adjacent to an activating group) is 1. The summed E-state index contributed by atoms with van der Waals surface area (Å²) >= 11 is 1.54. The molecule has 19 heteroatoms. The van der Waals surface area contributed by atoms with Gasteiger partial charge in [0.1, 0.15) is 17.7 Å². The van der Waals surface area contributed by atoms with Crippen molar-refractivity contribution < 1.29 is 52.6 Å². The molecule has 2 bridgehead atoms. The molecule has 3 aromatic rings. The van der Waals surface area contributed by atoms with Gasteiger partial charge in [0.25, 0.3) is 0 Å². The number of fused-ring (bicyclic) bond motifs is 11. The fraction of sp³-hybridized carbons (Fsp3) is 0.517. The lowest BCUT2D eigenvalue weighted by Crippen LogP contribution is -2.75. The van der Waals surface area contributed by atoms with Crippen LogP contribution in [0.25, 0.3) is 11.1 Å². The summed E-state index contributed by atoms with van der Waals surface area (Å²) < 4.78 is 41.0. The van der Waals surface area contributed by atoms with Crippen molar-refractivity contribution in [2.24, 2.45) is 0 Å². The Kier molecular flexibility index (Phi) is 17.3. The predicted molar refractivity (Wildman–Crippen MR) is 293 cm³/mol. The first-order valence-corrected chi connectivity index (χ1v) is 27.2. The molecular formula is C58H75N7O11S. The molecule has 6 aliphatic rings. The molecule has 77 heavy (non-hydrogen) atoms. The van der Waals surface area contributed by atoms with E-state index in [1.54, 1.807) is 53.7 Å². The third kappa shape index (κ3) is 11.1. The Balaban J connectivity index is 0.000000908.